The topological polar surface area (TPSA) is 101 Å². The summed E-state index contributed by atoms with van der Waals surface area (Å²) in [7, 11) is 0. The number of amides is 2. The molecule has 0 saturated carbocycles. The largest absolute Gasteiger partial charge is 0.341 e. The molecule has 0 unspecified atom stereocenters. The molecule has 0 aliphatic rings. The molecule has 0 heterocycles. The van der Waals surface area contributed by atoms with Gasteiger partial charge in [-0.05, 0) is 43.5 Å². The molecule has 0 aliphatic carbocycles. The molecule has 27 heavy (non-hydrogen) atoms. The van der Waals surface area contributed by atoms with Gasteiger partial charge >= 0.3 is 0 Å². The van der Waals surface area contributed by atoms with Gasteiger partial charge in [0, 0.05) is 17.3 Å². The number of para-hydroxylation sites is 1. The predicted molar refractivity (Wildman–Crippen MR) is 104 cm³/mol. The molecule has 0 saturated heterocycles. The van der Waals surface area contributed by atoms with E-state index in [1.807, 2.05) is 32.0 Å². The lowest BCUT2D eigenvalue weighted by Crippen LogP contribution is -2.41. The molecule has 1 atom stereocenters. The third kappa shape index (κ3) is 4.83. The van der Waals surface area contributed by atoms with E-state index in [4.69, 9.17) is 11.6 Å². The van der Waals surface area contributed by atoms with E-state index in [-0.39, 0.29) is 22.2 Å². The van der Waals surface area contributed by atoms with Gasteiger partial charge in [-0.2, -0.15) is 0 Å². The minimum absolute atomic E-state index is 0.0517. The number of hydrogen-bond donors (Lipinski definition) is 2. The number of anilines is 1. The number of nitro benzene ring substituents is 1. The normalized spacial score (nSPS) is 11.6. The summed E-state index contributed by atoms with van der Waals surface area (Å²) in [5, 5.41) is 16.3. The molecule has 0 fully saturated rings. The predicted octanol–water partition coefficient (Wildman–Crippen LogP) is 3.88. The van der Waals surface area contributed by atoms with E-state index in [1.54, 1.807) is 6.92 Å². The number of aryl methyl sites for hydroxylation is 2. The first-order valence-electron chi connectivity index (χ1n) is 8.38. The lowest BCUT2D eigenvalue weighted by molar-refractivity contribution is -0.384. The van der Waals surface area contributed by atoms with Crippen LogP contribution in [-0.2, 0) is 11.2 Å². The van der Waals surface area contributed by atoms with Gasteiger partial charge in [-0.3, -0.25) is 19.7 Å². The maximum absolute atomic E-state index is 12.5. The van der Waals surface area contributed by atoms with Gasteiger partial charge in [-0.1, -0.05) is 36.7 Å². The molecule has 2 rings (SSSR count). The SMILES string of the molecule is CCc1cccc(C)c1NC(=O)[C@H](C)NC(=O)c1ccc(Cl)c([N+](=O)[O-])c1. The zero-order valence-corrected chi connectivity index (χ0v) is 16.0. The van der Waals surface area contributed by atoms with Gasteiger partial charge < -0.3 is 10.6 Å². The first kappa shape index (κ1) is 20.4. The Hall–Kier alpha value is -2.93. The third-order valence-electron chi connectivity index (χ3n) is 4.13. The fraction of sp³-hybridized carbons (Fsp3) is 0.263. The summed E-state index contributed by atoms with van der Waals surface area (Å²) in [5.41, 5.74) is 2.34. The Balaban J connectivity index is 2.12. The van der Waals surface area contributed by atoms with Gasteiger partial charge in [-0.15, -0.1) is 0 Å². The van der Waals surface area contributed by atoms with Crippen molar-refractivity contribution in [2.75, 3.05) is 5.32 Å². The summed E-state index contributed by atoms with van der Waals surface area (Å²) < 4.78 is 0. The van der Waals surface area contributed by atoms with Crippen LogP contribution in [0.3, 0.4) is 0 Å². The molecular weight excluding hydrogens is 370 g/mol. The highest BCUT2D eigenvalue weighted by Gasteiger charge is 2.21. The molecule has 0 aliphatic heterocycles. The molecule has 0 spiro atoms. The number of nitrogens with one attached hydrogen (secondary N) is 2. The van der Waals surface area contributed by atoms with Crippen LogP contribution in [0.4, 0.5) is 11.4 Å². The average molecular weight is 390 g/mol. The van der Waals surface area contributed by atoms with E-state index in [0.717, 1.165) is 29.3 Å². The number of rotatable bonds is 6. The van der Waals surface area contributed by atoms with Crippen molar-refractivity contribution in [1.82, 2.24) is 5.32 Å². The van der Waals surface area contributed by atoms with Gasteiger partial charge in [0.05, 0.1) is 4.92 Å². The second-order valence-electron chi connectivity index (χ2n) is 6.07. The van der Waals surface area contributed by atoms with Crippen molar-refractivity contribution >= 4 is 34.8 Å². The second-order valence-corrected chi connectivity index (χ2v) is 6.48. The lowest BCUT2D eigenvalue weighted by Gasteiger charge is -2.17. The standard InChI is InChI=1S/C19H20ClN3O4/c1-4-13-7-5-6-11(2)17(13)22-18(24)12(3)21-19(25)14-8-9-15(20)16(10-14)23(26)27/h5-10,12H,4H2,1-3H3,(H,21,25)(H,22,24)/t12-/m0/s1. The summed E-state index contributed by atoms with van der Waals surface area (Å²) in [5.74, 6) is -0.978. The average Bonchev–Trinajstić information content (AvgIpc) is 2.63. The van der Waals surface area contributed by atoms with E-state index in [1.165, 1.54) is 12.1 Å². The molecule has 2 N–H and O–H groups in total. The Kier molecular flexibility index (Phi) is 6.52. The summed E-state index contributed by atoms with van der Waals surface area (Å²) in [4.78, 5) is 35.1. The van der Waals surface area contributed by atoms with Crippen molar-refractivity contribution in [3.8, 4) is 0 Å². The third-order valence-corrected chi connectivity index (χ3v) is 4.45. The number of carbonyl (C=O) groups excluding carboxylic acids is 2. The number of nitrogens with zero attached hydrogens (tertiary/aromatic N) is 1. The van der Waals surface area contributed by atoms with E-state index >= 15 is 0 Å². The summed E-state index contributed by atoms with van der Waals surface area (Å²) in [6, 6.07) is 8.63. The van der Waals surface area contributed by atoms with Crippen LogP contribution in [0.25, 0.3) is 0 Å². The van der Waals surface area contributed by atoms with Crippen molar-refractivity contribution in [3.63, 3.8) is 0 Å². The van der Waals surface area contributed by atoms with E-state index < -0.39 is 16.9 Å². The smallest absolute Gasteiger partial charge is 0.288 e. The molecule has 2 aromatic rings. The Morgan fingerprint density at radius 2 is 1.96 bits per heavy atom. The number of carbonyl (C=O) groups is 2. The molecule has 0 radical (unpaired) electrons. The van der Waals surface area contributed by atoms with Gasteiger partial charge in [-0.25, -0.2) is 0 Å². The van der Waals surface area contributed by atoms with E-state index in [2.05, 4.69) is 10.6 Å². The highest BCUT2D eigenvalue weighted by molar-refractivity contribution is 6.32. The van der Waals surface area contributed by atoms with Crippen LogP contribution in [0.15, 0.2) is 36.4 Å². The van der Waals surface area contributed by atoms with Crippen molar-refractivity contribution < 1.29 is 14.5 Å². The molecule has 0 aromatic heterocycles. The van der Waals surface area contributed by atoms with Gasteiger partial charge in [0.15, 0.2) is 0 Å². The van der Waals surface area contributed by atoms with Crippen LogP contribution in [0, 0.1) is 17.0 Å². The molecule has 142 valence electrons. The van der Waals surface area contributed by atoms with Crippen molar-refractivity contribution in [1.29, 1.82) is 0 Å². The highest BCUT2D eigenvalue weighted by Crippen LogP contribution is 2.25. The highest BCUT2D eigenvalue weighted by atomic mass is 35.5. The Bertz CT molecular complexity index is 899. The first-order chi connectivity index (χ1) is 12.7. The number of nitro groups is 1. The lowest BCUT2D eigenvalue weighted by atomic mass is 10.1. The van der Waals surface area contributed by atoms with Gasteiger partial charge in [0.1, 0.15) is 11.1 Å². The minimum atomic E-state index is -0.837. The van der Waals surface area contributed by atoms with Crippen LogP contribution in [0.1, 0.15) is 35.3 Å². The Labute approximate surface area is 161 Å². The molecule has 2 amide bonds. The first-order valence-corrected chi connectivity index (χ1v) is 8.76. The van der Waals surface area contributed by atoms with Crippen molar-refractivity contribution in [2.45, 2.75) is 33.2 Å². The number of benzene rings is 2. The van der Waals surface area contributed by atoms with Crippen LogP contribution < -0.4 is 10.6 Å². The van der Waals surface area contributed by atoms with Crippen molar-refractivity contribution in [2.24, 2.45) is 0 Å². The molecular formula is C19H20ClN3O4. The second kappa shape index (κ2) is 8.64. The Morgan fingerprint density at radius 1 is 1.26 bits per heavy atom. The quantitative estimate of drug-likeness (QED) is 0.578. The molecule has 2 aromatic carbocycles. The monoisotopic (exact) mass is 389 g/mol. The minimum Gasteiger partial charge on any atom is -0.341 e. The van der Waals surface area contributed by atoms with Crippen molar-refractivity contribution in [3.05, 3.63) is 68.2 Å². The fourth-order valence-electron chi connectivity index (χ4n) is 2.57. The summed E-state index contributed by atoms with van der Waals surface area (Å²) >= 11 is 5.75. The van der Waals surface area contributed by atoms with Crippen LogP contribution in [0.2, 0.25) is 5.02 Å². The van der Waals surface area contributed by atoms with Gasteiger partial charge in [0.25, 0.3) is 11.6 Å². The fourth-order valence-corrected chi connectivity index (χ4v) is 2.76. The maximum Gasteiger partial charge on any atom is 0.288 e. The number of hydrogen-bond acceptors (Lipinski definition) is 4. The van der Waals surface area contributed by atoms with Crippen LogP contribution in [-0.4, -0.2) is 22.8 Å². The van der Waals surface area contributed by atoms with Crippen LogP contribution >= 0.6 is 11.6 Å². The van der Waals surface area contributed by atoms with E-state index in [9.17, 15) is 19.7 Å². The van der Waals surface area contributed by atoms with E-state index in [0.29, 0.717) is 0 Å². The maximum atomic E-state index is 12.5. The Morgan fingerprint density at radius 3 is 2.59 bits per heavy atom. The molecule has 0 bridgehead atoms. The molecule has 7 nitrogen and oxygen atoms in total. The molecule has 8 heteroatoms. The van der Waals surface area contributed by atoms with Gasteiger partial charge in [0.2, 0.25) is 5.91 Å². The van der Waals surface area contributed by atoms with Crippen LogP contribution in [0.5, 0.6) is 0 Å². The summed E-state index contributed by atoms with van der Waals surface area (Å²) in [6.45, 7) is 5.43. The zero-order chi connectivity index (χ0) is 20.1. The number of halogens is 1. The zero-order valence-electron chi connectivity index (χ0n) is 15.2. The summed E-state index contributed by atoms with van der Waals surface area (Å²) in [6.07, 6.45) is 0.756.